The van der Waals surface area contributed by atoms with Crippen LogP contribution in [0.25, 0.3) is 10.8 Å². The lowest BCUT2D eigenvalue weighted by molar-refractivity contribution is -0.127. The monoisotopic (exact) mass is 593 g/mol. The predicted molar refractivity (Wildman–Crippen MR) is 169 cm³/mol. The minimum absolute atomic E-state index is 0.0553. The molecule has 3 saturated heterocycles. The van der Waals surface area contributed by atoms with Crippen LogP contribution in [0.2, 0.25) is 0 Å². The number of hydrogen-bond donors (Lipinski definition) is 5. The summed E-state index contributed by atoms with van der Waals surface area (Å²) in [6.07, 6.45) is 4.55. The molecule has 0 radical (unpaired) electrons. The van der Waals surface area contributed by atoms with Crippen LogP contribution in [-0.2, 0) is 9.59 Å². The summed E-state index contributed by atoms with van der Waals surface area (Å²) in [6.45, 7) is 9.04. The Labute approximate surface area is 252 Å². The smallest absolute Gasteiger partial charge is 0.269 e. The summed E-state index contributed by atoms with van der Waals surface area (Å²) in [6, 6.07) is 11.7. The topological polar surface area (TPSA) is 132 Å². The van der Waals surface area contributed by atoms with Crippen molar-refractivity contribution in [2.24, 2.45) is 11.7 Å². The highest BCUT2D eigenvalue weighted by Crippen LogP contribution is 2.36. The number of nitrogens with two attached hydrogens (primary N) is 1. The van der Waals surface area contributed by atoms with E-state index in [0.717, 1.165) is 62.0 Å². The van der Waals surface area contributed by atoms with Crippen LogP contribution in [0.1, 0.15) is 43.0 Å². The minimum Gasteiger partial charge on any atom is -0.392 e. The van der Waals surface area contributed by atoms with E-state index in [9.17, 15) is 14.4 Å². The molecule has 1 atom stereocenters. The van der Waals surface area contributed by atoms with Gasteiger partial charge in [-0.15, -0.1) is 0 Å². The van der Waals surface area contributed by atoms with E-state index in [1.165, 1.54) is 24.6 Å². The van der Waals surface area contributed by atoms with E-state index < -0.39 is 5.25 Å². The van der Waals surface area contributed by atoms with Crippen LogP contribution in [0.5, 0.6) is 0 Å². The lowest BCUT2D eigenvalue weighted by atomic mass is 9.98. The Morgan fingerprint density at radius 2 is 1.76 bits per heavy atom. The average Bonchev–Trinajstić information content (AvgIpc) is 3.65. The molecule has 0 spiro atoms. The summed E-state index contributed by atoms with van der Waals surface area (Å²) in [5.41, 5.74) is 7.91. The number of hydrogen-bond acceptors (Lipinski definition) is 8. The highest BCUT2D eigenvalue weighted by molar-refractivity contribution is 8.04. The van der Waals surface area contributed by atoms with Gasteiger partial charge in [-0.1, -0.05) is 23.9 Å². The second-order valence-corrected chi connectivity index (χ2v) is 12.5. The molecule has 3 heterocycles. The van der Waals surface area contributed by atoms with Gasteiger partial charge in [0.15, 0.2) is 0 Å². The Balaban J connectivity index is 1.16. The van der Waals surface area contributed by atoms with Gasteiger partial charge in [0.1, 0.15) is 16.0 Å². The highest BCUT2D eigenvalue weighted by Gasteiger charge is 2.38. The molecule has 0 aliphatic carbocycles. The second kappa shape index (κ2) is 14.3. The highest BCUT2D eigenvalue weighted by atomic mass is 32.2. The SMILES string of the molecule is CCN1C(=O)[C@@H](CNc2ccc3cc(C(=O)NCCN4CCCC4)ccc3c2)S/C1=C(/N)C(=O)NCC1CCNCC1. The third-order valence-electron chi connectivity index (χ3n) is 8.35. The van der Waals surface area contributed by atoms with Crippen molar-refractivity contribution in [1.82, 2.24) is 25.8 Å². The van der Waals surface area contributed by atoms with E-state index in [4.69, 9.17) is 5.73 Å². The first kappa shape index (κ1) is 30.2. The van der Waals surface area contributed by atoms with Gasteiger partial charge in [-0.25, -0.2) is 0 Å². The van der Waals surface area contributed by atoms with Crippen molar-refractivity contribution in [2.75, 3.05) is 64.2 Å². The molecule has 2 aromatic carbocycles. The first-order valence-electron chi connectivity index (χ1n) is 15.2. The molecule has 3 aliphatic heterocycles. The van der Waals surface area contributed by atoms with Gasteiger partial charge in [0.25, 0.3) is 11.8 Å². The first-order valence-corrected chi connectivity index (χ1v) is 16.1. The maximum absolute atomic E-state index is 13.2. The van der Waals surface area contributed by atoms with E-state index in [-0.39, 0.29) is 23.4 Å². The number of carbonyl (C=O) groups excluding carboxylic acids is 3. The number of carbonyl (C=O) groups is 3. The maximum atomic E-state index is 13.2. The number of rotatable bonds is 11. The molecule has 3 fully saturated rings. The number of nitrogens with zero attached hydrogens (tertiary/aromatic N) is 2. The number of piperidine rings is 1. The quantitative estimate of drug-likeness (QED) is 0.251. The number of amides is 3. The molecule has 0 aromatic heterocycles. The van der Waals surface area contributed by atoms with Crippen LogP contribution < -0.4 is 27.0 Å². The van der Waals surface area contributed by atoms with Gasteiger partial charge in [-0.05, 0) is 99.7 Å². The second-order valence-electron chi connectivity index (χ2n) is 11.3. The molecule has 0 bridgehead atoms. The number of likely N-dealkylation sites (tertiary alicyclic amines) is 1. The van der Waals surface area contributed by atoms with Crippen LogP contribution in [0.15, 0.2) is 47.1 Å². The predicted octanol–water partition coefficient (Wildman–Crippen LogP) is 2.28. The molecule has 2 aromatic rings. The standard InChI is InChI=1S/C31H43N7O3S/c1-2-38-30(41)26(42-31(38)27(32)29(40)36-19-21-9-11-33-12-10-21)20-35-25-8-7-22-17-24(6-5-23(22)18-25)28(39)34-13-16-37-14-3-4-15-37/h5-8,17-18,21,26,33,35H,2-4,9-16,19-20,32H2,1H3,(H,34,39)(H,36,40)/b31-27+/t26-/m1/s1. The molecule has 10 nitrogen and oxygen atoms in total. The number of anilines is 1. The lowest BCUT2D eigenvalue weighted by Crippen LogP contribution is -2.39. The van der Waals surface area contributed by atoms with Crippen molar-refractivity contribution in [3.05, 3.63) is 52.7 Å². The van der Waals surface area contributed by atoms with Gasteiger partial charge in [0, 0.05) is 44.0 Å². The van der Waals surface area contributed by atoms with Crippen molar-refractivity contribution in [3.63, 3.8) is 0 Å². The third kappa shape index (κ3) is 7.37. The molecule has 226 valence electrons. The first-order chi connectivity index (χ1) is 20.4. The van der Waals surface area contributed by atoms with Crippen LogP contribution in [0, 0.1) is 5.92 Å². The van der Waals surface area contributed by atoms with Crippen LogP contribution in [-0.4, -0.2) is 91.7 Å². The van der Waals surface area contributed by atoms with E-state index in [2.05, 4.69) is 26.2 Å². The molecular weight excluding hydrogens is 550 g/mol. The zero-order chi connectivity index (χ0) is 29.5. The molecular formula is C31H43N7O3S. The number of nitrogens with one attached hydrogen (secondary N) is 4. The maximum Gasteiger partial charge on any atom is 0.269 e. The summed E-state index contributed by atoms with van der Waals surface area (Å²) < 4.78 is 0. The molecule has 11 heteroatoms. The van der Waals surface area contributed by atoms with Crippen LogP contribution >= 0.6 is 11.8 Å². The minimum atomic E-state index is -0.391. The van der Waals surface area contributed by atoms with Crippen molar-refractivity contribution in [1.29, 1.82) is 0 Å². The number of benzene rings is 2. The molecule has 0 saturated carbocycles. The van der Waals surface area contributed by atoms with E-state index in [0.29, 0.717) is 42.7 Å². The average molecular weight is 594 g/mol. The van der Waals surface area contributed by atoms with Gasteiger partial charge in [0.2, 0.25) is 5.91 Å². The molecule has 0 unspecified atom stereocenters. The zero-order valence-corrected chi connectivity index (χ0v) is 25.2. The van der Waals surface area contributed by atoms with E-state index in [1.54, 1.807) is 4.90 Å². The third-order valence-corrected chi connectivity index (χ3v) is 9.66. The van der Waals surface area contributed by atoms with Crippen LogP contribution in [0.4, 0.5) is 5.69 Å². The van der Waals surface area contributed by atoms with Crippen molar-refractivity contribution in [3.8, 4) is 0 Å². The lowest BCUT2D eigenvalue weighted by Gasteiger charge is -2.23. The van der Waals surface area contributed by atoms with Crippen molar-refractivity contribution < 1.29 is 14.4 Å². The van der Waals surface area contributed by atoms with Gasteiger partial charge < -0.3 is 36.8 Å². The van der Waals surface area contributed by atoms with E-state index in [1.807, 2.05) is 43.3 Å². The van der Waals surface area contributed by atoms with Gasteiger partial charge in [0.05, 0.1) is 0 Å². The Morgan fingerprint density at radius 3 is 2.52 bits per heavy atom. The fourth-order valence-corrected chi connectivity index (χ4v) is 7.05. The molecule has 3 amide bonds. The summed E-state index contributed by atoms with van der Waals surface area (Å²) in [5, 5.41) is 14.8. The summed E-state index contributed by atoms with van der Waals surface area (Å²) >= 11 is 1.34. The molecule has 3 aliphatic rings. The normalized spacial score (nSPS) is 21.1. The van der Waals surface area contributed by atoms with Crippen molar-refractivity contribution in [2.45, 2.75) is 37.9 Å². The number of fused-ring (bicyclic) bond motifs is 1. The Morgan fingerprint density at radius 1 is 1.02 bits per heavy atom. The fraction of sp³-hybridized carbons (Fsp3) is 0.516. The Bertz CT molecular complexity index is 1320. The summed E-state index contributed by atoms with van der Waals surface area (Å²) in [5.74, 6) is 0.0180. The Kier molecular flexibility index (Phi) is 10.2. The zero-order valence-electron chi connectivity index (χ0n) is 24.4. The van der Waals surface area contributed by atoms with Crippen LogP contribution in [0.3, 0.4) is 0 Å². The van der Waals surface area contributed by atoms with Crippen molar-refractivity contribution >= 4 is 45.9 Å². The molecule has 42 heavy (non-hydrogen) atoms. The molecule has 5 rings (SSSR count). The largest absolute Gasteiger partial charge is 0.392 e. The summed E-state index contributed by atoms with van der Waals surface area (Å²) in [7, 11) is 0. The summed E-state index contributed by atoms with van der Waals surface area (Å²) in [4.78, 5) is 42.6. The fourth-order valence-electron chi connectivity index (χ4n) is 5.82. The van der Waals surface area contributed by atoms with Gasteiger partial charge in [-0.2, -0.15) is 0 Å². The van der Waals surface area contributed by atoms with Gasteiger partial charge >= 0.3 is 0 Å². The molecule has 6 N–H and O–H groups in total. The Hall–Kier alpha value is -3.28. The van der Waals surface area contributed by atoms with E-state index >= 15 is 0 Å². The number of thioether (sulfide) groups is 1. The van der Waals surface area contributed by atoms with Gasteiger partial charge in [-0.3, -0.25) is 14.4 Å².